The molecule has 1 N–H and O–H groups in total. The number of aromatic nitrogens is 2. The van der Waals surface area contributed by atoms with Crippen molar-refractivity contribution < 1.29 is 4.74 Å². The van der Waals surface area contributed by atoms with Gasteiger partial charge in [0.2, 0.25) is 0 Å². The Morgan fingerprint density at radius 3 is 2.76 bits per heavy atom. The molecule has 0 saturated carbocycles. The molecule has 120 valence electrons. The van der Waals surface area contributed by atoms with Crippen molar-refractivity contribution in [1.82, 2.24) is 14.7 Å². The van der Waals surface area contributed by atoms with Crippen molar-refractivity contribution in [1.29, 1.82) is 0 Å². The van der Waals surface area contributed by atoms with E-state index in [1.165, 1.54) is 4.68 Å². The number of ether oxygens (including phenoxy) is 1. The van der Waals surface area contributed by atoms with Crippen LogP contribution in [0.2, 0.25) is 5.02 Å². The molecule has 0 aliphatic carbocycles. The molecular formula is C14H25ClN4O2. The molecule has 0 aromatic carbocycles. The van der Waals surface area contributed by atoms with Gasteiger partial charge in [-0.15, -0.1) is 0 Å². The fraction of sp³-hybridized carbons (Fsp3) is 0.714. The van der Waals surface area contributed by atoms with Crippen LogP contribution in [0.1, 0.15) is 13.8 Å². The molecule has 7 heteroatoms. The Bertz CT molecular complexity index is 488. The quantitative estimate of drug-likeness (QED) is 0.700. The van der Waals surface area contributed by atoms with Crippen molar-refractivity contribution in [2.45, 2.75) is 20.4 Å². The van der Waals surface area contributed by atoms with Gasteiger partial charge < -0.3 is 15.0 Å². The Kier molecular flexibility index (Phi) is 7.71. The van der Waals surface area contributed by atoms with E-state index in [-0.39, 0.29) is 10.6 Å². The van der Waals surface area contributed by atoms with Gasteiger partial charge in [0.15, 0.2) is 0 Å². The third-order valence-corrected chi connectivity index (χ3v) is 3.13. The molecule has 1 heterocycles. The number of nitrogens with zero attached hydrogens (tertiary/aromatic N) is 3. The predicted octanol–water partition coefficient (Wildman–Crippen LogP) is 1.54. The zero-order valence-electron chi connectivity index (χ0n) is 13.2. The lowest BCUT2D eigenvalue weighted by atomic mass is 10.2. The number of hydrogen-bond donors (Lipinski definition) is 1. The molecule has 1 rings (SSSR count). The Morgan fingerprint density at radius 2 is 2.14 bits per heavy atom. The van der Waals surface area contributed by atoms with Gasteiger partial charge in [-0.3, -0.25) is 4.79 Å². The van der Waals surface area contributed by atoms with E-state index in [4.69, 9.17) is 16.3 Å². The van der Waals surface area contributed by atoms with Crippen LogP contribution in [0.15, 0.2) is 11.0 Å². The Balaban J connectivity index is 2.46. The summed E-state index contributed by atoms with van der Waals surface area (Å²) in [6, 6.07) is 0. The van der Waals surface area contributed by atoms with Gasteiger partial charge in [-0.05, 0) is 20.0 Å². The summed E-state index contributed by atoms with van der Waals surface area (Å²) in [5.74, 6) is 0.343. The average molecular weight is 317 g/mol. The van der Waals surface area contributed by atoms with Crippen LogP contribution in [-0.4, -0.2) is 55.1 Å². The molecule has 1 aromatic rings. The number of likely N-dealkylation sites (N-methyl/N-ethyl adjacent to an activating group) is 1. The van der Waals surface area contributed by atoms with Crippen molar-refractivity contribution in [2.24, 2.45) is 5.92 Å². The van der Waals surface area contributed by atoms with Crippen molar-refractivity contribution in [3.05, 3.63) is 21.6 Å². The maximum Gasteiger partial charge on any atom is 0.287 e. The monoisotopic (exact) mass is 316 g/mol. The molecule has 6 nitrogen and oxygen atoms in total. The second-order valence-corrected chi connectivity index (χ2v) is 5.97. The zero-order chi connectivity index (χ0) is 15.8. The highest BCUT2D eigenvalue weighted by Crippen LogP contribution is 2.15. The van der Waals surface area contributed by atoms with E-state index in [2.05, 4.69) is 15.3 Å². The summed E-state index contributed by atoms with van der Waals surface area (Å²) in [5, 5.41) is 7.38. The van der Waals surface area contributed by atoms with Crippen LogP contribution in [-0.2, 0) is 11.3 Å². The predicted molar refractivity (Wildman–Crippen MR) is 86.2 cm³/mol. The molecule has 1 aromatic heterocycles. The van der Waals surface area contributed by atoms with Gasteiger partial charge in [0, 0.05) is 19.6 Å². The van der Waals surface area contributed by atoms with Crippen LogP contribution in [0.4, 0.5) is 5.69 Å². The second kappa shape index (κ2) is 9.02. The first-order chi connectivity index (χ1) is 9.91. The van der Waals surface area contributed by atoms with E-state index in [9.17, 15) is 4.79 Å². The van der Waals surface area contributed by atoms with Crippen LogP contribution in [0.25, 0.3) is 0 Å². The summed E-state index contributed by atoms with van der Waals surface area (Å²) in [7, 11) is 4.00. The number of nitrogens with one attached hydrogen (secondary N) is 1. The van der Waals surface area contributed by atoms with Crippen molar-refractivity contribution in [3.8, 4) is 0 Å². The standard InChI is InChI=1S/C14H25ClN4O2/c1-11(2)10-19-14(20)13(15)12(9-17-19)16-5-7-21-8-6-18(3)4/h9,11,16H,5-8,10H2,1-4H3. The summed E-state index contributed by atoms with van der Waals surface area (Å²) in [5.41, 5.74) is 0.293. The Labute approximate surface area is 131 Å². The lowest BCUT2D eigenvalue weighted by Crippen LogP contribution is -2.26. The maximum absolute atomic E-state index is 12.0. The largest absolute Gasteiger partial charge is 0.380 e. The lowest BCUT2D eigenvalue weighted by molar-refractivity contribution is 0.126. The van der Waals surface area contributed by atoms with Crippen LogP contribution in [0.3, 0.4) is 0 Å². The molecule has 0 amide bonds. The van der Waals surface area contributed by atoms with Crippen molar-refractivity contribution in [3.63, 3.8) is 0 Å². The molecule has 0 aliphatic heterocycles. The van der Waals surface area contributed by atoms with E-state index >= 15 is 0 Å². The summed E-state index contributed by atoms with van der Waals surface area (Å²) in [6.07, 6.45) is 1.59. The zero-order valence-corrected chi connectivity index (χ0v) is 14.0. The minimum Gasteiger partial charge on any atom is -0.380 e. The first-order valence-electron chi connectivity index (χ1n) is 7.13. The van der Waals surface area contributed by atoms with Gasteiger partial charge in [-0.2, -0.15) is 5.10 Å². The average Bonchev–Trinajstić information content (AvgIpc) is 2.40. The highest BCUT2D eigenvalue weighted by atomic mass is 35.5. The van der Waals surface area contributed by atoms with Crippen molar-refractivity contribution in [2.75, 3.05) is 45.7 Å². The van der Waals surface area contributed by atoms with E-state index < -0.39 is 0 Å². The molecule has 0 radical (unpaired) electrons. The van der Waals surface area contributed by atoms with E-state index in [1.807, 2.05) is 27.9 Å². The summed E-state index contributed by atoms with van der Waals surface area (Å²) in [6.45, 7) is 7.32. The molecule has 0 saturated heterocycles. The van der Waals surface area contributed by atoms with Gasteiger partial charge in [0.25, 0.3) is 5.56 Å². The molecule has 0 fully saturated rings. The normalized spacial score (nSPS) is 11.4. The van der Waals surface area contributed by atoms with Crippen LogP contribution < -0.4 is 10.9 Å². The van der Waals surface area contributed by atoms with Gasteiger partial charge in [-0.25, -0.2) is 4.68 Å². The molecule has 0 unspecified atom stereocenters. The highest BCUT2D eigenvalue weighted by molar-refractivity contribution is 6.32. The van der Waals surface area contributed by atoms with Crippen LogP contribution >= 0.6 is 11.6 Å². The molecule has 0 bridgehead atoms. The van der Waals surface area contributed by atoms with Gasteiger partial charge in [0.1, 0.15) is 5.02 Å². The van der Waals surface area contributed by atoms with E-state index in [0.717, 1.165) is 6.54 Å². The van der Waals surface area contributed by atoms with E-state index in [0.29, 0.717) is 37.9 Å². The van der Waals surface area contributed by atoms with Gasteiger partial charge in [0.05, 0.1) is 25.1 Å². The summed E-state index contributed by atoms with van der Waals surface area (Å²) in [4.78, 5) is 14.1. The summed E-state index contributed by atoms with van der Waals surface area (Å²) < 4.78 is 6.86. The van der Waals surface area contributed by atoms with E-state index in [1.54, 1.807) is 6.20 Å². The molecule has 0 aliphatic rings. The number of anilines is 1. The molecule has 21 heavy (non-hydrogen) atoms. The SMILES string of the molecule is CC(C)Cn1ncc(NCCOCCN(C)C)c(Cl)c1=O. The fourth-order valence-corrected chi connectivity index (χ4v) is 1.88. The lowest BCUT2D eigenvalue weighted by Gasteiger charge is -2.12. The second-order valence-electron chi connectivity index (χ2n) is 5.60. The number of rotatable bonds is 9. The highest BCUT2D eigenvalue weighted by Gasteiger charge is 2.09. The third-order valence-electron chi connectivity index (χ3n) is 2.77. The van der Waals surface area contributed by atoms with Gasteiger partial charge in [-0.1, -0.05) is 25.4 Å². The van der Waals surface area contributed by atoms with Crippen LogP contribution in [0.5, 0.6) is 0 Å². The number of hydrogen-bond acceptors (Lipinski definition) is 5. The first kappa shape index (κ1) is 17.9. The Hall–Kier alpha value is -1.11. The maximum atomic E-state index is 12.0. The van der Waals surface area contributed by atoms with Crippen LogP contribution in [0, 0.1) is 5.92 Å². The first-order valence-corrected chi connectivity index (χ1v) is 7.51. The minimum atomic E-state index is -0.260. The number of halogens is 1. The Morgan fingerprint density at radius 1 is 1.43 bits per heavy atom. The minimum absolute atomic E-state index is 0.180. The molecular weight excluding hydrogens is 292 g/mol. The smallest absolute Gasteiger partial charge is 0.287 e. The molecule has 0 atom stereocenters. The fourth-order valence-electron chi connectivity index (χ4n) is 1.67. The topological polar surface area (TPSA) is 59.4 Å². The third kappa shape index (κ3) is 6.46. The summed E-state index contributed by atoms with van der Waals surface area (Å²) >= 11 is 6.08. The van der Waals surface area contributed by atoms with Crippen molar-refractivity contribution >= 4 is 17.3 Å². The molecule has 0 spiro atoms. The van der Waals surface area contributed by atoms with Gasteiger partial charge >= 0.3 is 0 Å².